The molecule has 0 saturated carbocycles. The maximum absolute atomic E-state index is 11.5. The second-order valence-corrected chi connectivity index (χ2v) is 5.84. The SMILES string of the molecule is Cc1nnc2n1CC(C(=O)O)N(CCOc1cccc(Cl)c1)C2. The third-order valence-electron chi connectivity index (χ3n) is 3.88. The molecular formula is C15H17ClN4O3. The normalized spacial score (nSPS) is 17.7. The molecule has 0 amide bonds. The van der Waals surface area contributed by atoms with E-state index in [2.05, 4.69) is 10.2 Å². The van der Waals surface area contributed by atoms with Crippen molar-refractivity contribution in [2.24, 2.45) is 0 Å². The van der Waals surface area contributed by atoms with E-state index >= 15 is 0 Å². The van der Waals surface area contributed by atoms with Gasteiger partial charge in [-0.2, -0.15) is 0 Å². The predicted octanol–water partition coefficient (Wildman–Crippen LogP) is 1.59. The number of aryl methyl sites for hydroxylation is 1. The Morgan fingerprint density at radius 1 is 1.48 bits per heavy atom. The molecule has 1 N–H and O–H groups in total. The van der Waals surface area contributed by atoms with Crippen molar-refractivity contribution >= 4 is 17.6 Å². The van der Waals surface area contributed by atoms with Crippen molar-refractivity contribution in [3.63, 3.8) is 0 Å². The highest BCUT2D eigenvalue weighted by atomic mass is 35.5. The monoisotopic (exact) mass is 336 g/mol. The number of halogens is 1. The lowest BCUT2D eigenvalue weighted by atomic mass is 10.2. The first-order valence-electron chi connectivity index (χ1n) is 7.28. The Labute approximate surface area is 138 Å². The van der Waals surface area contributed by atoms with Crippen molar-refractivity contribution in [2.75, 3.05) is 13.2 Å². The number of aromatic nitrogens is 3. The molecule has 1 aromatic carbocycles. The summed E-state index contributed by atoms with van der Waals surface area (Å²) in [7, 11) is 0. The number of ether oxygens (including phenoxy) is 1. The van der Waals surface area contributed by atoms with Crippen LogP contribution in [0.1, 0.15) is 11.6 Å². The molecule has 122 valence electrons. The fraction of sp³-hybridized carbons (Fsp3) is 0.400. The molecule has 0 aliphatic carbocycles. The summed E-state index contributed by atoms with van der Waals surface area (Å²) in [4.78, 5) is 13.4. The van der Waals surface area contributed by atoms with Gasteiger partial charge in [-0.25, -0.2) is 0 Å². The van der Waals surface area contributed by atoms with Crippen molar-refractivity contribution in [1.82, 2.24) is 19.7 Å². The molecule has 1 unspecified atom stereocenters. The molecule has 0 bridgehead atoms. The maximum Gasteiger partial charge on any atom is 0.322 e. The average Bonchev–Trinajstić information content (AvgIpc) is 2.87. The Morgan fingerprint density at radius 2 is 2.30 bits per heavy atom. The summed E-state index contributed by atoms with van der Waals surface area (Å²) in [5.74, 6) is 1.33. The molecule has 2 heterocycles. The number of carboxylic acid groups (broad SMARTS) is 1. The third-order valence-corrected chi connectivity index (χ3v) is 4.12. The Hall–Kier alpha value is -2.12. The van der Waals surface area contributed by atoms with Crippen LogP contribution in [0.2, 0.25) is 5.02 Å². The Bertz CT molecular complexity index is 718. The molecule has 23 heavy (non-hydrogen) atoms. The second-order valence-electron chi connectivity index (χ2n) is 5.40. The number of aliphatic carboxylic acids is 1. The second kappa shape index (κ2) is 6.55. The molecule has 0 spiro atoms. The van der Waals surface area contributed by atoms with Gasteiger partial charge in [-0.1, -0.05) is 17.7 Å². The van der Waals surface area contributed by atoms with E-state index in [1.165, 1.54) is 0 Å². The minimum Gasteiger partial charge on any atom is -0.492 e. The molecule has 7 nitrogen and oxygen atoms in total. The van der Waals surface area contributed by atoms with E-state index in [4.69, 9.17) is 16.3 Å². The number of fused-ring (bicyclic) bond motifs is 1. The van der Waals surface area contributed by atoms with Crippen LogP contribution in [-0.4, -0.2) is 49.9 Å². The molecule has 8 heteroatoms. The molecule has 0 radical (unpaired) electrons. The lowest BCUT2D eigenvalue weighted by Crippen LogP contribution is -2.49. The summed E-state index contributed by atoms with van der Waals surface area (Å²) >= 11 is 5.91. The number of hydrogen-bond acceptors (Lipinski definition) is 5. The molecule has 3 rings (SSSR count). The summed E-state index contributed by atoms with van der Waals surface area (Å²) in [6.07, 6.45) is 0. The predicted molar refractivity (Wildman–Crippen MR) is 83.5 cm³/mol. The van der Waals surface area contributed by atoms with E-state index in [0.29, 0.717) is 37.0 Å². The topological polar surface area (TPSA) is 80.5 Å². The highest BCUT2D eigenvalue weighted by Crippen LogP contribution is 2.19. The van der Waals surface area contributed by atoms with Gasteiger partial charge >= 0.3 is 5.97 Å². The van der Waals surface area contributed by atoms with E-state index in [-0.39, 0.29) is 0 Å². The van der Waals surface area contributed by atoms with Gasteiger partial charge in [0, 0.05) is 11.6 Å². The van der Waals surface area contributed by atoms with Crippen molar-refractivity contribution in [1.29, 1.82) is 0 Å². The highest BCUT2D eigenvalue weighted by molar-refractivity contribution is 6.30. The van der Waals surface area contributed by atoms with Crippen LogP contribution < -0.4 is 4.74 Å². The molecule has 1 atom stereocenters. The zero-order chi connectivity index (χ0) is 16.4. The number of hydrogen-bond donors (Lipinski definition) is 1. The lowest BCUT2D eigenvalue weighted by Gasteiger charge is -2.33. The van der Waals surface area contributed by atoms with E-state index in [1.54, 1.807) is 12.1 Å². The van der Waals surface area contributed by atoms with E-state index in [0.717, 1.165) is 11.6 Å². The summed E-state index contributed by atoms with van der Waals surface area (Å²) < 4.78 is 7.50. The number of carboxylic acids is 1. The zero-order valence-electron chi connectivity index (χ0n) is 12.6. The molecule has 1 aliphatic heterocycles. The van der Waals surface area contributed by atoms with Crippen molar-refractivity contribution in [3.8, 4) is 5.75 Å². The van der Waals surface area contributed by atoms with Gasteiger partial charge in [-0.05, 0) is 25.1 Å². The largest absolute Gasteiger partial charge is 0.492 e. The minimum absolute atomic E-state index is 0.348. The average molecular weight is 337 g/mol. The molecule has 1 aliphatic rings. The van der Waals surface area contributed by atoms with Gasteiger partial charge < -0.3 is 14.4 Å². The molecule has 1 aromatic heterocycles. The van der Waals surface area contributed by atoms with Gasteiger partial charge in [-0.15, -0.1) is 10.2 Å². The fourth-order valence-corrected chi connectivity index (χ4v) is 2.85. The van der Waals surface area contributed by atoms with Gasteiger partial charge in [0.05, 0.1) is 13.1 Å². The Morgan fingerprint density at radius 3 is 3.04 bits per heavy atom. The Kier molecular flexibility index (Phi) is 4.49. The van der Waals surface area contributed by atoms with E-state index in [9.17, 15) is 9.90 Å². The molecular weight excluding hydrogens is 320 g/mol. The number of benzene rings is 1. The van der Waals surface area contributed by atoms with Crippen LogP contribution in [-0.2, 0) is 17.9 Å². The van der Waals surface area contributed by atoms with Crippen LogP contribution in [0, 0.1) is 6.92 Å². The van der Waals surface area contributed by atoms with E-state index < -0.39 is 12.0 Å². The zero-order valence-corrected chi connectivity index (χ0v) is 13.4. The van der Waals surface area contributed by atoms with Gasteiger partial charge in [0.25, 0.3) is 0 Å². The number of carbonyl (C=O) groups is 1. The van der Waals surface area contributed by atoms with E-state index in [1.807, 2.05) is 28.5 Å². The van der Waals surface area contributed by atoms with Crippen LogP contribution in [0.4, 0.5) is 0 Å². The van der Waals surface area contributed by atoms with Gasteiger partial charge in [-0.3, -0.25) is 9.69 Å². The first kappa shape index (κ1) is 15.8. The number of rotatable bonds is 5. The molecule has 0 fully saturated rings. The Balaban J connectivity index is 1.65. The lowest BCUT2D eigenvalue weighted by molar-refractivity contribution is -0.145. The maximum atomic E-state index is 11.5. The number of nitrogens with zero attached hydrogens (tertiary/aromatic N) is 4. The minimum atomic E-state index is -0.855. The highest BCUT2D eigenvalue weighted by Gasteiger charge is 2.33. The van der Waals surface area contributed by atoms with Gasteiger partial charge in [0.15, 0.2) is 0 Å². The summed E-state index contributed by atoms with van der Waals surface area (Å²) in [5, 5.41) is 18.2. The van der Waals surface area contributed by atoms with Crippen LogP contribution in [0.15, 0.2) is 24.3 Å². The third kappa shape index (κ3) is 3.46. The summed E-state index contributed by atoms with van der Waals surface area (Å²) in [6.45, 7) is 3.47. The summed E-state index contributed by atoms with van der Waals surface area (Å²) in [6, 6.07) is 6.52. The molecule has 0 saturated heterocycles. The quantitative estimate of drug-likeness (QED) is 0.893. The van der Waals surface area contributed by atoms with Crippen LogP contribution in [0.5, 0.6) is 5.75 Å². The first-order chi connectivity index (χ1) is 11.0. The van der Waals surface area contributed by atoms with Crippen molar-refractivity contribution in [3.05, 3.63) is 40.9 Å². The molecule has 2 aromatic rings. The summed E-state index contributed by atoms with van der Waals surface area (Å²) in [5.41, 5.74) is 0. The van der Waals surface area contributed by atoms with Gasteiger partial charge in [0.1, 0.15) is 30.0 Å². The van der Waals surface area contributed by atoms with Crippen molar-refractivity contribution in [2.45, 2.75) is 26.1 Å². The van der Waals surface area contributed by atoms with Gasteiger partial charge in [0.2, 0.25) is 0 Å². The van der Waals surface area contributed by atoms with Crippen LogP contribution in [0.25, 0.3) is 0 Å². The first-order valence-corrected chi connectivity index (χ1v) is 7.66. The van der Waals surface area contributed by atoms with Crippen LogP contribution >= 0.6 is 11.6 Å². The standard InChI is InChI=1S/C15H17ClN4O3/c1-10-17-18-14-9-19(13(15(21)22)8-20(10)14)5-6-23-12-4-2-3-11(16)7-12/h2-4,7,13H,5-6,8-9H2,1H3,(H,21,22). The van der Waals surface area contributed by atoms with Crippen LogP contribution in [0.3, 0.4) is 0 Å². The fourth-order valence-electron chi connectivity index (χ4n) is 2.67. The smallest absolute Gasteiger partial charge is 0.322 e. The van der Waals surface area contributed by atoms with Crippen molar-refractivity contribution < 1.29 is 14.6 Å².